The van der Waals surface area contributed by atoms with E-state index in [1.807, 2.05) is 48.5 Å². The van der Waals surface area contributed by atoms with Crippen molar-refractivity contribution < 1.29 is 9.90 Å². The molecule has 1 N–H and O–H groups in total. The predicted octanol–water partition coefficient (Wildman–Crippen LogP) is 3.21. The van der Waals surface area contributed by atoms with Crippen molar-refractivity contribution >= 4 is 5.91 Å². The molecule has 0 aliphatic carbocycles. The summed E-state index contributed by atoms with van der Waals surface area (Å²) < 4.78 is 1.54. The summed E-state index contributed by atoms with van der Waals surface area (Å²) in [5, 5.41) is 14.5. The molecule has 0 saturated carbocycles. The van der Waals surface area contributed by atoms with Gasteiger partial charge in [0.25, 0.3) is 5.91 Å². The van der Waals surface area contributed by atoms with Crippen molar-refractivity contribution in [2.24, 2.45) is 0 Å². The van der Waals surface area contributed by atoms with Crippen molar-refractivity contribution in [1.82, 2.24) is 14.7 Å². The molecular weight excluding hydrogens is 314 g/mol. The Morgan fingerprint density at radius 1 is 1.04 bits per heavy atom. The number of carbonyl (C=O) groups is 1. The van der Waals surface area contributed by atoms with Crippen LogP contribution in [-0.2, 0) is 0 Å². The summed E-state index contributed by atoms with van der Waals surface area (Å²) in [5.41, 5.74) is 2.16. The van der Waals surface area contributed by atoms with Crippen molar-refractivity contribution in [3.05, 3.63) is 78.1 Å². The van der Waals surface area contributed by atoms with Gasteiger partial charge in [-0.15, -0.1) is 0 Å². The number of amides is 1. The molecule has 1 aliphatic heterocycles. The molecule has 1 atom stereocenters. The third kappa shape index (κ3) is 3.01. The number of hydrogen-bond acceptors (Lipinski definition) is 3. The fourth-order valence-electron chi connectivity index (χ4n) is 3.32. The maximum absolute atomic E-state index is 12.8. The van der Waals surface area contributed by atoms with E-state index in [1.54, 1.807) is 4.90 Å². The van der Waals surface area contributed by atoms with E-state index >= 15 is 0 Å². The summed E-state index contributed by atoms with van der Waals surface area (Å²) in [6, 6.07) is 19.7. The molecular formula is C20H19N3O2. The van der Waals surface area contributed by atoms with Crippen molar-refractivity contribution in [3.63, 3.8) is 0 Å². The van der Waals surface area contributed by atoms with Crippen LogP contribution in [0.2, 0.25) is 0 Å². The first kappa shape index (κ1) is 15.4. The average molecular weight is 333 g/mol. The normalized spacial score (nSPS) is 17.0. The number of hydrogen-bond donors (Lipinski definition) is 1. The van der Waals surface area contributed by atoms with E-state index in [0.29, 0.717) is 19.0 Å². The van der Waals surface area contributed by atoms with E-state index in [9.17, 15) is 9.90 Å². The highest BCUT2D eigenvalue weighted by molar-refractivity contribution is 5.95. The quantitative estimate of drug-likeness (QED) is 0.801. The van der Waals surface area contributed by atoms with Crippen molar-refractivity contribution in [2.45, 2.75) is 12.3 Å². The van der Waals surface area contributed by atoms with Gasteiger partial charge in [-0.05, 0) is 24.1 Å². The van der Waals surface area contributed by atoms with Crippen LogP contribution in [0.25, 0.3) is 5.69 Å². The van der Waals surface area contributed by atoms with Crippen molar-refractivity contribution in [2.75, 3.05) is 13.1 Å². The van der Waals surface area contributed by atoms with Gasteiger partial charge in [0.1, 0.15) is 0 Å². The minimum atomic E-state index is -0.217. The number of carbonyl (C=O) groups excluding carboxylic acids is 1. The highest BCUT2D eigenvalue weighted by Crippen LogP contribution is 2.29. The first-order valence-corrected chi connectivity index (χ1v) is 8.40. The number of aromatic nitrogens is 2. The molecule has 1 aliphatic rings. The number of nitrogens with zero attached hydrogens (tertiary/aromatic N) is 3. The summed E-state index contributed by atoms with van der Waals surface area (Å²) in [6.07, 6.45) is 2.41. The fourth-order valence-corrected chi connectivity index (χ4v) is 3.32. The lowest BCUT2D eigenvalue weighted by molar-refractivity contribution is 0.0781. The minimum absolute atomic E-state index is 0.0861. The third-order valence-corrected chi connectivity index (χ3v) is 4.66. The molecule has 1 saturated heterocycles. The maximum atomic E-state index is 12.8. The molecule has 2 aromatic carbocycles. The summed E-state index contributed by atoms with van der Waals surface area (Å²) in [7, 11) is 0. The number of rotatable bonds is 3. The predicted molar refractivity (Wildman–Crippen MR) is 94.9 cm³/mol. The van der Waals surface area contributed by atoms with E-state index in [2.05, 4.69) is 17.2 Å². The smallest absolute Gasteiger partial charge is 0.278 e. The summed E-state index contributed by atoms with van der Waals surface area (Å²) in [4.78, 5) is 14.6. The standard InChI is InChI=1S/C20H19N3O2/c24-18-14-23(17-9-5-2-6-10-17)21-19(18)20(25)22-12-11-16(13-22)15-7-3-1-4-8-15/h1-10,14,16,24H,11-13H2. The van der Waals surface area contributed by atoms with Crippen molar-refractivity contribution in [1.29, 1.82) is 0 Å². The molecule has 5 heteroatoms. The van der Waals surface area contributed by atoms with Crippen LogP contribution in [0.15, 0.2) is 66.9 Å². The van der Waals surface area contributed by atoms with Crippen LogP contribution in [0.5, 0.6) is 5.75 Å². The van der Waals surface area contributed by atoms with Crippen LogP contribution < -0.4 is 0 Å². The molecule has 0 spiro atoms. The largest absolute Gasteiger partial charge is 0.504 e. The van der Waals surface area contributed by atoms with Gasteiger partial charge in [0, 0.05) is 19.0 Å². The maximum Gasteiger partial charge on any atom is 0.278 e. The summed E-state index contributed by atoms with van der Waals surface area (Å²) >= 11 is 0. The van der Waals surface area contributed by atoms with E-state index in [-0.39, 0.29) is 17.4 Å². The fraction of sp³-hybridized carbons (Fsp3) is 0.200. The molecule has 1 amide bonds. The summed E-state index contributed by atoms with van der Waals surface area (Å²) in [5.74, 6) is 0.0335. The Labute approximate surface area is 146 Å². The zero-order chi connectivity index (χ0) is 17.2. The van der Waals surface area contributed by atoms with Gasteiger partial charge < -0.3 is 10.0 Å². The zero-order valence-corrected chi connectivity index (χ0v) is 13.7. The Morgan fingerprint density at radius 3 is 2.44 bits per heavy atom. The molecule has 1 fully saturated rings. The molecule has 0 radical (unpaired) electrons. The minimum Gasteiger partial charge on any atom is -0.504 e. The first-order valence-electron chi connectivity index (χ1n) is 8.40. The summed E-state index contributed by atoms with van der Waals surface area (Å²) in [6.45, 7) is 1.33. The van der Waals surface area contributed by atoms with Crippen LogP contribution in [0.1, 0.15) is 28.4 Å². The van der Waals surface area contributed by atoms with Gasteiger partial charge in [-0.25, -0.2) is 4.68 Å². The topological polar surface area (TPSA) is 58.4 Å². The van der Waals surface area contributed by atoms with E-state index in [1.165, 1.54) is 16.4 Å². The third-order valence-electron chi connectivity index (χ3n) is 4.66. The molecule has 1 unspecified atom stereocenters. The Morgan fingerprint density at radius 2 is 1.72 bits per heavy atom. The molecule has 1 aromatic heterocycles. The van der Waals surface area contributed by atoms with E-state index in [4.69, 9.17) is 0 Å². The molecule has 4 rings (SSSR count). The molecule has 0 bridgehead atoms. The Hall–Kier alpha value is -3.08. The Balaban J connectivity index is 1.53. The Bertz CT molecular complexity index is 874. The van der Waals surface area contributed by atoms with Gasteiger partial charge in [-0.3, -0.25) is 4.79 Å². The second-order valence-electron chi connectivity index (χ2n) is 6.29. The van der Waals surface area contributed by atoms with Gasteiger partial charge in [0.05, 0.1) is 11.9 Å². The van der Waals surface area contributed by atoms with E-state index in [0.717, 1.165) is 12.1 Å². The van der Waals surface area contributed by atoms with Crippen LogP contribution in [0.4, 0.5) is 0 Å². The van der Waals surface area contributed by atoms with E-state index < -0.39 is 0 Å². The highest BCUT2D eigenvalue weighted by Gasteiger charge is 2.30. The average Bonchev–Trinajstić information content (AvgIpc) is 3.30. The van der Waals surface area contributed by atoms with Gasteiger partial charge >= 0.3 is 0 Å². The van der Waals surface area contributed by atoms with Crippen LogP contribution in [0.3, 0.4) is 0 Å². The monoisotopic (exact) mass is 333 g/mol. The zero-order valence-electron chi connectivity index (χ0n) is 13.7. The second kappa shape index (κ2) is 6.43. The van der Waals surface area contributed by atoms with Crippen LogP contribution in [0, 0.1) is 0 Å². The van der Waals surface area contributed by atoms with Crippen molar-refractivity contribution in [3.8, 4) is 11.4 Å². The lowest BCUT2D eigenvalue weighted by Crippen LogP contribution is -2.29. The van der Waals surface area contributed by atoms with Crippen LogP contribution >= 0.6 is 0 Å². The Kier molecular flexibility index (Phi) is 3.98. The molecule has 3 aromatic rings. The molecule has 25 heavy (non-hydrogen) atoms. The molecule has 2 heterocycles. The SMILES string of the molecule is O=C(c1nn(-c2ccccc2)cc1O)N1CCC(c2ccccc2)C1. The number of benzene rings is 2. The number of aromatic hydroxyl groups is 1. The lowest BCUT2D eigenvalue weighted by atomic mass is 9.99. The van der Waals surface area contributed by atoms with Gasteiger partial charge in [0.15, 0.2) is 11.4 Å². The van der Waals surface area contributed by atoms with Gasteiger partial charge in [0.2, 0.25) is 0 Å². The lowest BCUT2D eigenvalue weighted by Gasteiger charge is -2.15. The van der Waals surface area contributed by atoms with Gasteiger partial charge in [-0.2, -0.15) is 5.10 Å². The second-order valence-corrected chi connectivity index (χ2v) is 6.29. The highest BCUT2D eigenvalue weighted by atomic mass is 16.3. The first-order chi connectivity index (χ1) is 12.2. The molecule has 126 valence electrons. The number of likely N-dealkylation sites (tertiary alicyclic amines) is 1. The number of para-hydroxylation sites is 1. The molecule has 5 nitrogen and oxygen atoms in total. The van der Waals surface area contributed by atoms with Crippen LogP contribution in [-0.4, -0.2) is 38.8 Å². The van der Waals surface area contributed by atoms with Gasteiger partial charge in [-0.1, -0.05) is 48.5 Å².